The van der Waals surface area contributed by atoms with Gasteiger partial charge in [0.25, 0.3) is 0 Å². The number of alkyl halides is 3. The van der Waals surface area contributed by atoms with Crippen LogP contribution in [0.1, 0.15) is 11.1 Å². The van der Waals surface area contributed by atoms with E-state index in [0.717, 1.165) is 36.0 Å². The summed E-state index contributed by atoms with van der Waals surface area (Å²) in [7, 11) is 0. The fraction of sp³-hybridized carbons (Fsp3) is 0.250. The van der Waals surface area contributed by atoms with Crippen molar-refractivity contribution in [2.75, 3.05) is 12.3 Å². The average molecular weight is 340 g/mol. The zero-order valence-electron chi connectivity index (χ0n) is 12.1. The summed E-state index contributed by atoms with van der Waals surface area (Å²) in [5.41, 5.74) is 0.332. The van der Waals surface area contributed by atoms with Crippen molar-refractivity contribution < 1.29 is 18.0 Å². The third kappa shape index (κ3) is 5.94. The number of aromatic nitrogens is 1. The summed E-state index contributed by atoms with van der Waals surface area (Å²) in [4.78, 5) is 15.4. The molecule has 1 N–H and O–H groups in total. The Morgan fingerprint density at radius 2 is 1.87 bits per heavy atom. The van der Waals surface area contributed by atoms with Crippen molar-refractivity contribution >= 4 is 17.7 Å². The quantitative estimate of drug-likeness (QED) is 0.818. The van der Waals surface area contributed by atoms with Crippen LogP contribution in [-0.2, 0) is 17.4 Å². The van der Waals surface area contributed by atoms with Crippen LogP contribution < -0.4 is 5.32 Å². The summed E-state index contributed by atoms with van der Waals surface area (Å²) in [6.07, 6.45) is -2.89. The smallest absolute Gasteiger partial charge is 0.355 e. The number of nitrogens with one attached hydrogen (secondary N) is 1. The predicted octanol–water partition coefficient (Wildman–Crippen LogP) is 3.55. The number of nitrogens with zero attached hydrogens (tertiary/aromatic N) is 1. The summed E-state index contributed by atoms with van der Waals surface area (Å²) < 4.78 is 37.2. The van der Waals surface area contributed by atoms with E-state index in [4.69, 9.17) is 0 Å². The Hall–Kier alpha value is -2.02. The molecule has 1 amide bonds. The van der Waals surface area contributed by atoms with Crippen molar-refractivity contribution in [3.63, 3.8) is 0 Å². The molecule has 1 aromatic heterocycles. The van der Waals surface area contributed by atoms with E-state index in [1.807, 2.05) is 30.3 Å². The largest absolute Gasteiger partial charge is 0.417 e. The molecule has 0 saturated heterocycles. The number of halogens is 3. The van der Waals surface area contributed by atoms with Gasteiger partial charge in [0.15, 0.2) is 0 Å². The number of pyridine rings is 1. The first kappa shape index (κ1) is 17.3. The first-order valence-electron chi connectivity index (χ1n) is 6.92. The van der Waals surface area contributed by atoms with Crippen LogP contribution in [0.2, 0.25) is 0 Å². The first-order chi connectivity index (χ1) is 10.9. The number of carbonyl (C=O) groups excluding carboxylic acids is 1. The molecule has 7 heteroatoms. The van der Waals surface area contributed by atoms with Crippen LogP contribution in [0.25, 0.3) is 0 Å². The lowest BCUT2D eigenvalue weighted by atomic mass is 10.1. The summed E-state index contributed by atoms with van der Waals surface area (Å²) in [6, 6.07) is 12.0. The number of carbonyl (C=O) groups is 1. The van der Waals surface area contributed by atoms with Gasteiger partial charge in [0.1, 0.15) is 0 Å². The molecule has 2 aromatic rings. The number of thioether (sulfide) groups is 1. The van der Waals surface area contributed by atoms with Crippen LogP contribution in [0.5, 0.6) is 0 Å². The van der Waals surface area contributed by atoms with Crippen molar-refractivity contribution in [2.45, 2.75) is 17.6 Å². The minimum Gasteiger partial charge on any atom is -0.355 e. The first-order valence-corrected chi connectivity index (χ1v) is 7.90. The predicted molar refractivity (Wildman–Crippen MR) is 83.1 cm³/mol. The van der Waals surface area contributed by atoms with Crippen LogP contribution in [0.3, 0.4) is 0 Å². The van der Waals surface area contributed by atoms with Crippen LogP contribution in [0, 0.1) is 0 Å². The SMILES string of the molecule is O=C(CSc1ccc(C(F)(F)F)cn1)NCCc1ccccc1. The molecule has 3 nitrogen and oxygen atoms in total. The molecule has 0 unspecified atom stereocenters. The van der Waals surface area contributed by atoms with E-state index in [-0.39, 0.29) is 11.7 Å². The Morgan fingerprint density at radius 1 is 1.13 bits per heavy atom. The second kappa shape index (κ2) is 8.01. The molecular formula is C16H15F3N2OS. The highest BCUT2D eigenvalue weighted by atomic mass is 32.2. The molecule has 1 aromatic carbocycles. The maximum absolute atomic E-state index is 12.4. The minimum absolute atomic E-state index is 0.118. The highest BCUT2D eigenvalue weighted by Crippen LogP contribution is 2.29. The Bertz CT molecular complexity index is 630. The minimum atomic E-state index is -4.40. The maximum Gasteiger partial charge on any atom is 0.417 e. The topological polar surface area (TPSA) is 42.0 Å². The number of hydrogen-bond donors (Lipinski definition) is 1. The van der Waals surface area contributed by atoms with Crippen LogP contribution in [0.15, 0.2) is 53.7 Å². The Kier molecular flexibility index (Phi) is 6.04. The lowest BCUT2D eigenvalue weighted by Gasteiger charge is -2.07. The van der Waals surface area contributed by atoms with Gasteiger partial charge in [0, 0.05) is 12.7 Å². The van der Waals surface area contributed by atoms with Gasteiger partial charge in [-0.25, -0.2) is 4.98 Å². The van der Waals surface area contributed by atoms with Crippen LogP contribution in [-0.4, -0.2) is 23.2 Å². The second-order valence-electron chi connectivity index (χ2n) is 4.76. The molecule has 0 aliphatic carbocycles. The van der Waals surface area contributed by atoms with Crippen molar-refractivity contribution in [1.29, 1.82) is 0 Å². The van der Waals surface area contributed by atoms with Crippen LogP contribution >= 0.6 is 11.8 Å². The Morgan fingerprint density at radius 3 is 2.48 bits per heavy atom. The van der Waals surface area contributed by atoms with E-state index >= 15 is 0 Å². The summed E-state index contributed by atoms with van der Waals surface area (Å²) in [6.45, 7) is 0.518. The molecular weight excluding hydrogens is 325 g/mol. The molecule has 0 aliphatic heterocycles. The second-order valence-corrected chi connectivity index (χ2v) is 5.75. The fourth-order valence-corrected chi connectivity index (χ4v) is 2.49. The monoisotopic (exact) mass is 340 g/mol. The molecule has 23 heavy (non-hydrogen) atoms. The number of hydrogen-bond acceptors (Lipinski definition) is 3. The van der Waals surface area contributed by atoms with E-state index in [0.29, 0.717) is 11.6 Å². The molecule has 0 fully saturated rings. The Balaban J connectivity index is 1.72. The highest BCUT2D eigenvalue weighted by molar-refractivity contribution is 7.99. The summed E-state index contributed by atoms with van der Waals surface area (Å²) in [5, 5.41) is 3.15. The zero-order valence-corrected chi connectivity index (χ0v) is 13.0. The Labute approximate surface area is 136 Å². The van der Waals surface area contributed by atoms with Gasteiger partial charge in [0.2, 0.25) is 5.91 Å². The molecule has 2 rings (SSSR count). The van der Waals surface area contributed by atoms with Gasteiger partial charge in [-0.2, -0.15) is 13.2 Å². The summed E-state index contributed by atoms with van der Waals surface area (Å²) >= 11 is 1.10. The molecule has 0 saturated carbocycles. The molecule has 122 valence electrons. The van der Waals surface area contributed by atoms with E-state index in [9.17, 15) is 18.0 Å². The molecule has 0 radical (unpaired) electrons. The van der Waals surface area contributed by atoms with Crippen molar-refractivity contribution in [2.24, 2.45) is 0 Å². The van der Waals surface area contributed by atoms with Gasteiger partial charge < -0.3 is 5.32 Å². The molecule has 0 spiro atoms. The van der Waals surface area contributed by atoms with Crippen molar-refractivity contribution in [3.8, 4) is 0 Å². The lowest BCUT2D eigenvalue weighted by molar-refractivity contribution is -0.137. The summed E-state index contributed by atoms with van der Waals surface area (Å²) in [5.74, 6) is -0.0553. The van der Waals surface area contributed by atoms with Crippen LogP contribution in [0.4, 0.5) is 13.2 Å². The third-order valence-electron chi connectivity index (χ3n) is 2.99. The zero-order chi connectivity index (χ0) is 16.7. The van der Waals surface area contributed by atoms with Gasteiger partial charge >= 0.3 is 6.18 Å². The molecule has 0 bridgehead atoms. The molecule has 0 atom stereocenters. The van der Waals surface area contributed by atoms with Gasteiger partial charge in [-0.3, -0.25) is 4.79 Å². The number of rotatable bonds is 6. The van der Waals surface area contributed by atoms with E-state index in [1.54, 1.807) is 0 Å². The molecule has 1 heterocycles. The standard InChI is InChI=1S/C16H15F3N2OS/c17-16(18,19)13-6-7-15(21-10-13)23-11-14(22)20-9-8-12-4-2-1-3-5-12/h1-7,10H,8-9,11H2,(H,20,22). The van der Waals surface area contributed by atoms with E-state index in [2.05, 4.69) is 10.3 Å². The van der Waals surface area contributed by atoms with Gasteiger partial charge in [-0.1, -0.05) is 42.1 Å². The fourth-order valence-electron chi connectivity index (χ4n) is 1.81. The van der Waals surface area contributed by atoms with Gasteiger partial charge in [0.05, 0.1) is 16.3 Å². The van der Waals surface area contributed by atoms with Crippen molar-refractivity contribution in [1.82, 2.24) is 10.3 Å². The molecule has 0 aliphatic rings. The van der Waals surface area contributed by atoms with Gasteiger partial charge in [-0.15, -0.1) is 0 Å². The maximum atomic E-state index is 12.4. The highest BCUT2D eigenvalue weighted by Gasteiger charge is 2.30. The average Bonchev–Trinajstić information content (AvgIpc) is 2.53. The number of benzene rings is 1. The third-order valence-corrected chi connectivity index (χ3v) is 3.94. The van der Waals surface area contributed by atoms with E-state index in [1.165, 1.54) is 6.07 Å². The normalized spacial score (nSPS) is 11.3. The van der Waals surface area contributed by atoms with E-state index < -0.39 is 11.7 Å². The number of amides is 1. The van der Waals surface area contributed by atoms with Crippen molar-refractivity contribution in [3.05, 3.63) is 59.8 Å². The van der Waals surface area contributed by atoms with Gasteiger partial charge in [-0.05, 0) is 24.1 Å². The lowest BCUT2D eigenvalue weighted by Crippen LogP contribution is -2.27.